The summed E-state index contributed by atoms with van der Waals surface area (Å²) in [5.74, 6) is 2.10. The van der Waals surface area contributed by atoms with Gasteiger partial charge >= 0.3 is 12.1 Å². The molecule has 102 valence electrons. The Bertz CT molecular complexity index is 331. The van der Waals surface area contributed by atoms with Gasteiger partial charge in [-0.15, -0.1) is 0 Å². The summed E-state index contributed by atoms with van der Waals surface area (Å²) in [4.78, 5) is 24.4. The van der Waals surface area contributed by atoms with Gasteiger partial charge in [0.25, 0.3) is 0 Å². The van der Waals surface area contributed by atoms with E-state index in [2.05, 4.69) is 10.6 Å². The normalized spacial score (nSPS) is 22.7. The van der Waals surface area contributed by atoms with Crippen LogP contribution in [0.1, 0.15) is 12.8 Å². The van der Waals surface area contributed by atoms with Crippen molar-refractivity contribution >= 4 is 23.8 Å². The van der Waals surface area contributed by atoms with Crippen molar-refractivity contribution in [2.45, 2.75) is 18.4 Å². The van der Waals surface area contributed by atoms with E-state index >= 15 is 0 Å². The zero-order valence-corrected chi connectivity index (χ0v) is 11.3. The zero-order valence-electron chi connectivity index (χ0n) is 10.5. The quantitative estimate of drug-likeness (QED) is 0.791. The highest BCUT2D eigenvalue weighted by Crippen LogP contribution is 2.29. The molecule has 4 amide bonds. The van der Waals surface area contributed by atoms with E-state index in [-0.39, 0.29) is 17.7 Å². The smallest absolute Gasteiger partial charge is 0.325 e. The number of imide groups is 1. The fraction of sp³-hybridized carbons (Fsp3) is 0.818. The predicted molar refractivity (Wildman–Crippen MR) is 69.8 cm³/mol. The third-order valence-corrected chi connectivity index (χ3v) is 4.49. The van der Waals surface area contributed by atoms with Gasteiger partial charge in [0.1, 0.15) is 0 Å². The molecule has 0 saturated carbocycles. The lowest BCUT2D eigenvalue weighted by Gasteiger charge is -2.36. The lowest BCUT2D eigenvalue weighted by Crippen LogP contribution is -2.50. The molecule has 2 aliphatic rings. The van der Waals surface area contributed by atoms with Gasteiger partial charge in [0.15, 0.2) is 0 Å². The Morgan fingerprint density at radius 2 is 2.28 bits per heavy atom. The highest BCUT2D eigenvalue weighted by Gasteiger charge is 2.34. The van der Waals surface area contributed by atoms with Crippen molar-refractivity contribution in [3.63, 3.8) is 0 Å². The zero-order chi connectivity index (χ0) is 13.0. The molecule has 2 saturated heterocycles. The molecular weight excluding hydrogens is 254 g/mol. The van der Waals surface area contributed by atoms with Crippen molar-refractivity contribution in [1.82, 2.24) is 15.5 Å². The van der Waals surface area contributed by atoms with E-state index in [1.165, 1.54) is 4.90 Å². The fourth-order valence-electron chi connectivity index (χ4n) is 2.19. The molecule has 2 heterocycles. The van der Waals surface area contributed by atoms with Crippen molar-refractivity contribution in [2.24, 2.45) is 0 Å². The van der Waals surface area contributed by atoms with Gasteiger partial charge in [-0.3, -0.25) is 0 Å². The average molecular weight is 273 g/mol. The average Bonchev–Trinajstić information content (AvgIpc) is 2.83. The van der Waals surface area contributed by atoms with Crippen molar-refractivity contribution in [1.29, 1.82) is 0 Å². The number of nitrogens with one attached hydrogen (secondary N) is 2. The minimum Gasteiger partial charge on any atom is -0.376 e. The van der Waals surface area contributed by atoms with Crippen LogP contribution in [0.2, 0.25) is 0 Å². The second-order valence-corrected chi connectivity index (χ2v) is 5.77. The molecule has 6 nitrogen and oxygen atoms in total. The summed E-state index contributed by atoms with van der Waals surface area (Å²) in [6.07, 6.45) is 1.86. The van der Waals surface area contributed by atoms with Crippen LogP contribution >= 0.6 is 11.8 Å². The summed E-state index contributed by atoms with van der Waals surface area (Å²) in [5, 5.41) is 5.41. The molecule has 2 rings (SSSR count). The van der Waals surface area contributed by atoms with Crippen LogP contribution in [0, 0.1) is 0 Å². The van der Waals surface area contributed by atoms with Crippen molar-refractivity contribution in [3.05, 3.63) is 0 Å². The van der Waals surface area contributed by atoms with Gasteiger partial charge in [-0.05, 0) is 24.3 Å². The molecule has 0 radical (unpaired) electrons. The summed E-state index contributed by atoms with van der Waals surface area (Å²) in [6.45, 7) is 1.42. The molecule has 0 aromatic carbocycles. The topological polar surface area (TPSA) is 70.7 Å². The monoisotopic (exact) mass is 273 g/mol. The summed E-state index contributed by atoms with van der Waals surface area (Å²) < 4.78 is 5.57. The Morgan fingerprint density at radius 1 is 1.56 bits per heavy atom. The van der Waals surface area contributed by atoms with Crippen LogP contribution in [0.4, 0.5) is 9.59 Å². The van der Waals surface area contributed by atoms with Gasteiger partial charge in [0.2, 0.25) is 0 Å². The molecule has 0 unspecified atom stereocenters. The van der Waals surface area contributed by atoms with E-state index in [4.69, 9.17) is 4.74 Å². The van der Waals surface area contributed by atoms with Crippen LogP contribution in [0.25, 0.3) is 0 Å². The van der Waals surface area contributed by atoms with Crippen LogP contribution < -0.4 is 10.6 Å². The molecule has 2 N–H and O–H groups in total. The maximum absolute atomic E-state index is 11.8. The molecule has 0 aromatic rings. The lowest BCUT2D eigenvalue weighted by atomic mass is 9.96. The van der Waals surface area contributed by atoms with Crippen LogP contribution in [-0.4, -0.2) is 60.8 Å². The lowest BCUT2D eigenvalue weighted by molar-refractivity contribution is -0.0142. The molecule has 2 aliphatic heterocycles. The molecule has 0 bridgehead atoms. The number of hydrogen-bond donors (Lipinski definition) is 2. The molecule has 18 heavy (non-hydrogen) atoms. The Morgan fingerprint density at radius 3 is 2.83 bits per heavy atom. The number of thioether (sulfide) groups is 1. The number of ether oxygens (including phenoxy) is 1. The first kappa shape index (κ1) is 13.5. The van der Waals surface area contributed by atoms with Crippen LogP contribution in [0.5, 0.6) is 0 Å². The maximum Gasteiger partial charge on any atom is 0.325 e. The number of carbonyl (C=O) groups is 2. The van der Waals surface area contributed by atoms with Crippen molar-refractivity contribution < 1.29 is 14.3 Å². The SMILES string of the molecule is COC1(CNC(=O)N2CCNC2=O)CCSCC1. The van der Waals surface area contributed by atoms with Gasteiger partial charge in [0, 0.05) is 26.7 Å². The van der Waals surface area contributed by atoms with E-state index in [0.29, 0.717) is 19.6 Å². The minimum atomic E-state index is -0.334. The highest BCUT2D eigenvalue weighted by molar-refractivity contribution is 7.99. The van der Waals surface area contributed by atoms with E-state index in [1.54, 1.807) is 7.11 Å². The van der Waals surface area contributed by atoms with Crippen LogP contribution in [0.3, 0.4) is 0 Å². The molecule has 0 spiro atoms. The number of urea groups is 2. The third kappa shape index (κ3) is 2.89. The van der Waals surface area contributed by atoms with Gasteiger partial charge < -0.3 is 15.4 Å². The minimum absolute atomic E-state index is 0.267. The second-order valence-electron chi connectivity index (χ2n) is 4.54. The molecule has 0 atom stereocenters. The summed E-state index contributed by atoms with van der Waals surface area (Å²) in [7, 11) is 1.69. The number of carbonyl (C=O) groups excluding carboxylic acids is 2. The molecule has 2 fully saturated rings. The Hall–Kier alpha value is -0.950. The summed E-state index contributed by atoms with van der Waals surface area (Å²) in [6, 6.07) is -0.655. The highest BCUT2D eigenvalue weighted by atomic mass is 32.2. The standard InChI is InChI=1S/C11H19N3O3S/c1-17-11(2-6-18-7-3-11)8-13-10(16)14-5-4-12-9(14)15/h2-8H2,1H3,(H,12,15)(H,13,16). The first-order valence-corrected chi connectivity index (χ1v) is 7.28. The Kier molecular flexibility index (Phi) is 4.34. The first-order chi connectivity index (χ1) is 8.67. The number of hydrogen-bond acceptors (Lipinski definition) is 4. The van der Waals surface area contributed by atoms with E-state index < -0.39 is 0 Å². The van der Waals surface area contributed by atoms with Gasteiger partial charge in [0.05, 0.1) is 5.60 Å². The molecule has 7 heteroatoms. The van der Waals surface area contributed by atoms with Crippen LogP contribution in [-0.2, 0) is 4.74 Å². The van der Waals surface area contributed by atoms with Crippen LogP contribution in [0.15, 0.2) is 0 Å². The molecule has 0 aromatic heterocycles. The van der Waals surface area contributed by atoms with Gasteiger partial charge in [-0.2, -0.15) is 11.8 Å². The third-order valence-electron chi connectivity index (χ3n) is 3.50. The van der Waals surface area contributed by atoms with Crippen molar-refractivity contribution in [2.75, 3.05) is 38.2 Å². The number of rotatable bonds is 3. The van der Waals surface area contributed by atoms with E-state index in [1.807, 2.05) is 11.8 Å². The Balaban J connectivity index is 1.85. The van der Waals surface area contributed by atoms with Gasteiger partial charge in [-0.25, -0.2) is 14.5 Å². The number of amides is 4. The fourth-order valence-corrected chi connectivity index (χ4v) is 3.43. The van der Waals surface area contributed by atoms with E-state index in [9.17, 15) is 9.59 Å². The van der Waals surface area contributed by atoms with E-state index in [0.717, 1.165) is 24.3 Å². The number of nitrogens with zero attached hydrogens (tertiary/aromatic N) is 1. The van der Waals surface area contributed by atoms with Crippen molar-refractivity contribution in [3.8, 4) is 0 Å². The first-order valence-electron chi connectivity index (χ1n) is 6.13. The maximum atomic E-state index is 11.8. The second kappa shape index (κ2) is 5.79. The molecule has 0 aliphatic carbocycles. The summed E-state index contributed by atoms with van der Waals surface area (Å²) >= 11 is 1.91. The van der Waals surface area contributed by atoms with Gasteiger partial charge in [-0.1, -0.05) is 0 Å². The summed E-state index contributed by atoms with van der Waals surface area (Å²) in [5.41, 5.74) is -0.267. The Labute approximate surface area is 111 Å². The number of methoxy groups -OCH3 is 1. The largest absolute Gasteiger partial charge is 0.376 e. The predicted octanol–water partition coefficient (Wildman–Crippen LogP) is 0.633. The molecular formula is C11H19N3O3S.